The Bertz CT molecular complexity index is 1700. The smallest absolute Gasteiger partial charge is 0.343 e. The monoisotopic (exact) mass is 539 g/mol. The fraction of sp³-hybridized carbons (Fsp3) is 0.407. The molecule has 7 rings (SSSR count). The summed E-state index contributed by atoms with van der Waals surface area (Å²) in [5.41, 5.74) is -0.344. The highest BCUT2D eigenvalue weighted by Crippen LogP contribution is 2.47. The van der Waals surface area contributed by atoms with Crippen LogP contribution >= 0.6 is 11.6 Å². The molecular weight excluding hydrogens is 517 g/mol. The second kappa shape index (κ2) is 7.62. The number of nitrogens with one attached hydrogen (secondary N) is 1. The van der Waals surface area contributed by atoms with E-state index in [0.29, 0.717) is 64.7 Å². The van der Waals surface area contributed by atoms with Gasteiger partial charge in [-0.15, -0.1) is 0 Å². The van der Waals surface area contributed by atoms with E-state index in [9.17, 15) is 29.0 Å². The minimum Gasteiger partial charge on any atom is -0.458 e. The highest BCUT2D eigenvalue weighted by molar-refractivity contribution is 6.32. The van der Waals surface area contributed by atoms with Gasteiger partial charge >= 0.3 is 5.97 Å². The fourth-order valence-corrected chi connectivity index (χ4v) is 6.38. The van der Waals surface area contributed by atoms with Crippen LogP contribution in [0, 0.1) is 5.82 Å². The average molecular weight is 540 g/mol. The van der Waals surface area contributed by atoms with Gasteiger partial charge in [0.1, 0.15) is 18.0 Å². The van der Waals surface area contributed by atoms with Crippen molar-refractivity contribution in [3.8, 4) is 11.4 Å². The number of amides is 1. The highest BCUT2D eigenvalue weighted by Gasteiger charge is 2.49. The molecule has 196 valence electrons. The van der Waals surface area contributed by atoms with E-state index in [-0.39, 0.29) is 35.7 Å². The van der Waals surface area contributed by atoms with Gasteiger partial charge < -0.3 is 24.8 Å². The first-order chi connectivity index (χ1) is 18.1. The van der Waals surface area contributed by atoms with Crippen LogP contribution in [-0.4, -0.2) is 37.2 Å². The first kappa shape index (κ1) is 23.8. The van der Waals surface area contributed by atoms with E-state index in [2.05, 4.69) is 5.32 Å². The SMILES string of the molecule is CC[C@@]1(O)C(=O)OCc2c1cc1n(c2=O)Cc2c-1nc1cc(F)c(Cl)c3c1c2[C@@H](NC(=O)C1(O)CC1)CC3. The molecule has 0 bridgehead atoms. The molecule has 4 aliphatic rings. The lowest BCUT2D eigenvalue weighted by molar-refractivity contribution is -0.172. The highest BCUT2D eigenvalue weighted by atomic mass is 35.5. The van der Waals surface area contributed by atoms with Gasteiger partial charge in [-0.05, 0) is 49.3 Å². The molecule has 0 saturated heterocycles. The summed E-state index contributed by atoms with van der Waals surface area (Å²) < 4.78 is 21.5. The van der Waals surface area contributed by atoms with Crippen molar-refractivity contribution in [2.24, 2.45) is 0 Å². The van der Waals surface area contributed by atoms with Crippen LogP contribution in [0.15, 0.2) is 16.9 Å². The number of hydrogen-bond donors (Lipinski definition) is 3. The van der Waals surface area contributed by atoms with Crippen molar-refractivity contribution in [2.75, 3.05) is 0 Å². The Morgan fingerprint density at radius 3 is 2.74 bits per heavy atom. The standard InChI is InChI=1S/C27H23ClFN3O6/c1-2-27(37)14-7-18-22-12(9-32(18)23(33)13(14)10-38-25(27)35)20-16(31-24(34)26(36)5-6-26)4-3-11-19(20)17(30-22)8-15(29)21(11)28/h7-8,16,36-37H,2-6,9-10H2,1H3,(H,31,34)/t16-,27-/m0/s1. The molecule has 2 atom stereocenters. The number of carbonyl (C=O) groups is 2. The molecule has 2 aliphatic heterocycles. The lowest BCUT2D eigenvalue weighted by Crippen LogP contribution is -2.44. The minimum absolute atomic E-state index is 0.00193. The second-order valence-electron chi connectivity index (χ2n) is 10.6. The largest absolute Gasteiger partial charge is 0.458 e. The molecule has 3 N–H and O–H groups in total. The number of esters is 1. The van der Waals surface area contributed by atoms with Gasteiger partial charge in [0, 0.05) is 22.6 Å². The molecule has 0 unspecified atom stereocenters. The van der Waals surface area contributed by atoms with E-state index in [1.54, 1.807) is 13.0 Å². The number of carbonyl (C=O) groups excluding carboxylic acids is 2. The number of cyclic esters (lactones) is 1. The average Bonchev–Trinajstić information content (AvgIpc) is 3.55. The molecule has 3 aromatic rings. The summed E-state index contributed by atoms with van der Waals surface area (Å²) in [6, 6.07) is 2.31. The number of nitrogens with zero attached hydrogens (tertiary/aromatic N) is 2. The Morgan fingerprint density at radius 2 is 2.03 bits per heavy atom. The molecule has 1 amide bonds. The van der Waals surface area contributed by atoms with E-state index < -0.39 is 40.5 Å². The zero-order chi connectivity index (χ0) is 26.7. The lowest BCUT2D eigenvalue weighted by Gasteiger charge is -2.31. The second-order valence-corrected chi connectivity index (χ2v) is 11.0. The Labute approximate surface area is 220 Å². The molecule has 4 heterocycles. The maximum atomic E-state index is 14.8. The van der Waals surface area contributed by atoms with Crippen LogP contribution in [0.5, 0.6) is 0 Å². The summed E-state index contributed by atoms with van der Waals surface area (Å²) in [5, 5.41) is 25.1. The molecule has 2 aromatic heterocycles. The molecule has 1 aromatic carbocycles. The molecular formula is C27H23ClFN3O6. The number of aromatic nitrogens is 2. The third-order valence-electron chi connectivity index (χ3n) is 8.49. The zero-order valence-electron chi connectivity index (χ0n) is 20.4. The molecule has 38 heavy (non-hydrogen) atoms. The van der Waals surface area contributed by atoms with Gasteiger partial charge in [0.25, 0.3) is 11.5 Å². The number of benzene rings is 1. The van der Waals surface area contributed by atoms with Gasteiger partial charge in [0.2, 0.25) is 0 Å². The first-order valence-electron chi connectivity index (χ1n) is 12.6. The Hall–Kier alpha value is -3.34. The van der Waals surface area contributed by atoms with Crippen molar-refractivity contribution in [3.05, 3.63) is 61.1 Å². The number of hydrogen-bond acceptors (Lipinski definition) is 7. The summed E-state index contributed by atoms with van der Waals surface area (Å²) in [6.07, 6.45) is 1.60. The normalized spacial score (nSPS) is 23.9. The molecule has 9 nitrogen and oxygen atoms in total. The molecule has 1 saturated carbocycles. The predicted octanol–water partition coefficient (Wildman–Crippen LogP) is 2.50. The van der Waals surface area contributed by atoms with Crippen LogP contribution in [0.2, 0.25) is 5.02 Å². The molecule has 0 spiro atoms. The van der Waals surface area contributed by atoms with Crippen LogP contribution in [0.25, 0.3) is 22.3 Å². The topological polar surface area (TPSA) is 131 Å². The lowest BCUT2D eigenvalue weighted by atomic mass is 9.83. The third kappa shape index (κ3) is 2.99. The zero-order valence-corrected chi connectivity index (χ0v) is 21.1. The number of aryl methyl sites for hydroxylation is 1. The maximum absolute atomic E-state index is 14.8. The summed E-state index contributed by atoms with van der Waals surface area (Å²) in [7, 11) is 0. The number of aliphatic hydroxyl groups is 2. The van der Waals surface area contributed by atoms with Gasteiger partial charge in [-0.2, -0.15) is 0 Å². The van der Waals surface area contributed by atoms with Crippen molar-refractivity contribution < 1.29 is 28.9 Å². The number of pyridine rings is 2. The third-order valence-corrected chi connectivity index (χ3v) is 8.90. The van der Waals surface area contributed by atoms with E-state index in [1.165, 1.54) is 10.6 Å². The first-order valence-corrected chi connectivity index (χ1v) is 13.0. The van der Waals surface area contributed by atoms with Gasteiger partial charge in [-0.1, -0.05) is 18.5 Å². The van der Waals surface area contributed by atoms with Gasteiger partial charge in [0.05, 0.1) is 40.1 Å². The van der Waals surface area contributed by atoms with Gasteiger partial charge in [-0.3, -0.25) is 9.59 Å². The van der Waals surface area contributed by atoms with E-state index >= 15 is 0 Å². The van der Waals surface area contributed by atoms with Crippen LogP contribution in [-0.2, 0) is 39.5 Å². The number of rotatable bonds is 3. The van der Waals surface area contributed by atoms with Crippen molar-refractivity contribution in [1.82, 2.24) is 14.9 Å². The molecule has 0 radical (unpaired) electrons. The molecule has 11 heteroatoms. The van der Waals surface area contributed by atoms with Gasteiger partial charge in [0.15, 0.2) is 5.60 Å². The fourth-order valence-electron chi connectivity index (χ4n) is 6.14. The molecule has 1 fully saturated rings. The van der Waals surface area contributed by atoms with E-state index in [1.807, 2.05) is 0 Å². The Balaban J connectivity index is 1.49. The van der Waals surface area contributed by atoms with Crippen LogP contribution in [0.3, 0.4) is 0 Å². The Kier molecular flexibility index (Phi) is 4.76. The molecule has 2 aliphatic carbocycles. The van der Waals surface area contributed by atoms with Crippen molar-refractivity contribution >= 4 is 34.4 Å². The van der Waals surface area contributed by atoms with Crippen molar-refractivity contribution in [1.29, 1.82) is 0 Å². The summed E-state index contributed by atoms with van der Waals surface area (Å²) in [5.74, 6) is -1.91. The van der Waals surface area contributed by atoms with Crippen molar-refractivity contribution in [3.63, 3.8) is 0 Å². The van der Waals surface area contributed by atoms with Crippen LogP contribution < -0.4 is 10.9 Å². The number of halogens is 2. The number of ether oxygens (including phenoxy) is 1. The quantitative estimate of drug-likeness (QED) is 0.341. The predicted molar refractivity (Wildman–Crippen MR) is 133 cm³/mol. The minimum atomic E-state index is -1.97. The Morgan fingerprint density at radius 1 is 1.26 bits per heavy atom. The summed E-state index contributed by atoms with van der Waals surface area (Å²) >= 11 is 6.37. The van der Waals surface area contributed by atoms with E-state index in [4.69, 9.17) is 21.3 Å². The van der Waals surface area contributed by atoms with Crippen LogP contribution in [0.1, 0.15) is 66.5 Å². The van der Waals surface area contributed by atoms with Gasteiger partial charge in [-0.25, -0.2) is 14.2 Å². The van der Waals surface area contributed by atoms with Crippen molar-refractivity contribution in [2.45, 2.75) is 69.4 Å². The van der Waals surface area contributed by atoms with E-state index in [0.717, 1.165) is 0 Å². The van der Waals surface area contributed by atoms with Crippen LogP contribution in [0.4, 0.5) is 4.39 Å². The number of fused-ring (bicyclic) bond motifs is 5. The summed E-state index contributed by atoms with van der Waals surface area (Å²) in [6.45, 7) is 1.50. The summed E-state index contributed by atoms with van der Waals surface area (Å²) in [4.78, 5) is 43.7. The maximum Gasteiger partial charge on any atom is 0.343 e.